The predicted molar refractivity (Wildman–Crippen MR) is 86.1 cm³/mol. The van der Waals surface area contributed by atoms with Crippen LogP contribution in [0.4, 0.5) is 28.3 Å². The Morgan fingerprint density at radius 3 is 2.07 bits per heavy atom. The lowest BCUT2D eigenvalue weighted by Crippen LogP contribution is -2.35. The van der Waals surface area contributed by atoms with Gasteiger partial charge in [0, 0.05) is 0 Å². The smallest absolute Gasteiger partial charge is 0.388 e. The molecule has 28 heavy (non-hydrogen) atoms. The summed E-state index contributed by atoms with van der Waals surface area (Å²) in [5.41, 5.74) is 0. The maximum absolute atomic E-state index is 12.3. The van der Waals surface area contributed by atoms with E-state index in [4.69, 9.17) is 11.6 Å². The molecule has 9 nitrogen and oxygen atoms in total. The van der Waals surface area contributed by atoms with Gasteiger partial charge in [-0.15, -0.1) is 0 Å². The van der Waals surface area contributed by atoms with Gasteiger partial charge in [0.1, 0.15) is 4.90 Å². The van der Waals surface area contributed by atoms with E-state index < -0.39 is 51.9 Å². The zero-order valence-corrected chi connectivity index (χ0v) is 14.8. The second-order valence-corrected chi connectivity index (χ2v) is 6.67. The van der Waals surface area contributed by atoms with Crippen molar-refractivity contribution in [3.8, 4) is 11.8 Å². The molecular formula is C13H9ClF4N4O5S. The monoisotopic (exact) mass is 444 g/mol. The first-order chi connectivity index (χ1) is 13.1. The van der Waals surface area contributed by atoms with Gasteiger partial charge in [0.2, 0.25) is 17.7 Å². The van der Waals surface area contributed by atoms with Crippen molar-refractivity contribution in [1.82, 2.24) is 14.7 Å². The molecule has 0 spiro atoms. The lowest BCUT2D eigenvalue weighted by atomic mass is 10.4. The fraction of sp³-hybridized carbons (Fsp3) is 0.154. The highest BCUT2D eigenvalue weighted by Crippen LogP contribution is 2.22. The molecule has 0 aliphatic rings. The number of rotatable bonds is 7. The zero-order valence-electron chi connectivity index (χ0n) is 13.3. The van der Waals surface area contributed by atoms with Crippen molar-refractivity contribution in [3.63, 3.8) is 0 Å². The van der Waals surface area contributed by atoms with Gasteiger partial charge in [-0.25, -0.2) is 17.9 Å². The average Bonchev–Trinajstić information content (AvgIpc) is 2.52. The molecular weight excluding hydrogens is 436 g/mol. The quantitative estimate of drug-likeness (QED) is 0.630. The zero-order chi connectivity index (χ0) is 20.9. The van der Waals surface area contributed by atoms with E-state index in [-0.39, 0.29) is 5.02 Å². The number of sulfonamides is 1. The lowest BCUT2D eigenvalue weighted by molar-refractivity contribution is -0.0579. The molecule has 2 aromatic rings. The molecule has 0 aliphatic carbocycles. The van der Waals surface area contributed by atoms with E-state index in [1.807, 2.05) is 0 Å². The molecule has 0 bridgehead atoms. The van der Waals surface area contributed by atoms with Crippen molar-refractivity contribution >= 4 is 33.6 Å². The molecule has 2 rings (SSSR count). The first-order valence-electron chi connectivity index (χ1n) is 6.94. The minimum atomic E-state index is -4.42. The summed E-state index contributed by atoms with van der Waals surface area (Å²) in [5.74, 6) is -2.67. The molecule has 0 radical (unpaired) electrons. The summed E-state index contributed by atoms with van der Waals surface area (Å²) in [5, 5.41) is 1.59. The van der Waals surface area contributed by atoms with Crippen molar-refractivity contribution in [2.24, 2.45) is 0 Å². The van der Waals surface area contributed by atoms with E-state index in [0.717, 1.165) is 6.07 Å². The number of hydrogen-bond donors (Lipinski definition) is 2. The Balaban J connectivity index is 2.21. The largest absolute Gasteiger partial charge is 0.417 e. The number of aromatic nitrogens is 2. The summed E-state index contributed by atoms with van der Waals surface area (Å²) < 4.78 is 82.9. The fourth-order valence-electron chi connectivity index (χ4n) is 1.73. The topological polar surface area (TPSA) is 120 Å². The number of nitrogens with one attached hydrogen (secondary N) is 2. The second kappa shape index (κ2) is 8.88. The second-order valence-electron chi connectivity index (χ2n) is 4.62. The van der Waals surface area contributed by atoms with Crippen molar-refractivity contribution < 1.29 is 40.2 Å². The number of benzene rings is 1. The van der Waals surface area contributed by atoms with Crippen molar-refractivity contribution in [1.29, 1.82) is 0 Å². The number of amides is 2. The molecule has 0 unspecified atom stereocenters. The SMILES string of the molecule is O=C(Nc1nc(OC(F)F)cc(OC(F)F)n1)NS(=O)(=O)c1ccccc1Cl. The van der Waals surface area contributed by atoms with Gasteiger partial charge in [-0.1, -0.05) is 23.7 Å². The van der Waals surface area contributed by atoms with Crippen LogP contribution in [0.3, 0.4) is 0 Å². The summed E-state index contributed by atoms with van der Waals surface area (Å²) in [7, 11) is -4.42. The molecule has 2 N–H and O–H groups in total. The number of nitrogens with zero attached hydrogens (tertiary/aromatic N) is 2. The van der Waals surface area contributed by atoms with E-state index in [2.05, 4.69) is 19.4 Å². The summed E-state index contributed by atoms with van der Waals surface area (Å²) in [6, 6.07) is 4.25. The summed E-state index contributed by atoms with van der Waals surface area (Å²) in [4.78, 5) is 18.1. The molecule has 2 amide bonds. The van der Waals surface area contributed by atoms with Crippen LogP contribution in [0.15, 0.2) is 35.2 Å². The molecule has 1 aromatic heterocycles. The lowest BCUT2D eigenvalue weighted by Gasteiger charge is -2.11. The number of halogens is 5. The highest BCUT2D eigenvalue weighted by atomic mass is 35.5. The highest BCUT2D eigenvalue weighted by Gasteiger charge is 2.22. The standard InChI is InChI=1S/C13H9ClF4N4O5S/c14-6-3-1-2-4-7(6)28(24,25)22-13(23)21-12-19-8(26-10(15)16)5-9(20-12)27-11(17)18/h1-5,10-11H,(H2,19,20,21,22,23). The molecule has 0 saturated carbocycles. The average molecular weight is 445 g/mol. The van der Waals surface area contributed by atoms with Crippen molar-refractivity contribution in [2.45, 2.75) is 18.1 Å². The van der Waals surface area contributed by atoms with E-state index >= 15 is 0 Å². The molecule has 0 fully saturated rings. The molecule has 1 aromatic carbocycles. The summed E-state index contributed by atoms with van der Waals surface area (Å²) >= 11 is 5.74. The number of ether oxygens (including phenoxy) is 2. The van der Waals surface area contributed by atoms with Crippen LogP contribution < -0.4 is 19.5 Å². The van der Waals surface area contributed by atoms with Crippen LogP contribution in [-0.4, -0.2) is 37.6 Å². The number of carbonyl (C=O) groups is 1. The Kier molecular flexibility index (Phi) is 6.80. The van der Waals surface area contributed by atoms with Crippen molar-refractivity contribution in [3.05, 3.63) is 35.4 Å². The van der Waals surface area contributed by atoms with Crippen LogP contribution in [-0.2, 0) is 10.0 Å². The van der Waals surface area contributed by atoms with Crippen LogP contribution >= 0.6 is 11.6 Å². The Morgan fingerprint density at radius 2 is 1.57 bits per heavy atom. The van der Waals surface area contributed by atoms with Crippen LogP contribution in [0.1, 0.15) is 0 Å². The third-order valence-electron chi connectivity index (χ3n) is 2.68. The highest BCUT2D eigenvalue weighted by molar-refractivity contribution is 7.90. The molecule has 152 valence electrons. The molecule has 0 aliphatic heterocycles. The number of urea groups is 1. The maximum Gasteiger partial charge on any atom is 0.388 e. The first-order valence-corrected chi connectivity index (χ1v) is 8.80. The van der Waals surface area contributed by atoms with Gasteiger partial charge in [0.15, 0.2) is 0 Å². The maximum atomic E-state index is 12.3. The molecule has 0 atom stereocenters. The Labute approximate surface area is 159 Å². The van der Waals surface area contributed by atoms with Crippen LogP contribution in [0.25, 0.3) is 0 Å². The minimum Gasteiger partial charge on any atom is -0.417 e. The number of carbonyl (C=O) groups excluding carboxylic acids is 1. The molecule has 15 heteroatoms. The van der Waals surface area contributed by atoms with Gasteiger partial charge < -0.3 is 9.47 Å². The first kappa shape index (κ1) is 21.4. The van der Waals surface area contributed by atoms with Gasteiger partial charge in [0.05, 0.1) is 11.1 Å². The Morgan fingerprint density at radius 1 is 1.04 bits per heavy atom. The van der Waals surface area contributed by atoms with Crippen molar-refractivity contribution in [2.75, 3.05) is 5.32 Å². The van der Waals surface area contributed by atoms with E-state index in [0.29, 0.717) is 6.07 Å². The third kappa shape index (κ3) is 6.09. The van der Waals surface area contributed by atoms with Gasteiger partial charge in [-0.3, -0.25) is 5.32 Å². The van der Waals surface area contributed by atoms with Gasteiger partial charge in [-0.2, -0.15) is 27.5 Å². The van der Waals surface area contributed by atoms with Crippen LogP contribution in [0.2, 0.25) is 5.02 Å². The van der Waals surface area contributed by atoms with E-state index in [9.17, 15) is 30.8 Å². The van der Waals surface area contributed by atoms with E-state index in [1.54, 1.807) is 10.0 Å². The predicted octanol–water partition coefficient (Wildman–Crippen LogP) is 2.84. The van der Waals surface area contributed by atoms with Gasteiger partial charge in [0.25, 0.3) is 10.0 Å². The Bertz CT molecular complexity index is 935. The Hall–Kier alpha value is -2.87. The summed E-state index contributed by atoms with van der Waals surface area (Å²) in [6.07, 6.45) is 0. The number of anilines is 1. The van der Waals surface area contributed by atoms with Crippen LogP contribution in [0, 0.1) is 0 Å². The third-order valence-corrected chi connectivity index (χ3v) is 4.51. The molecule has 0 saturated heterocycles. The number of alkyl halides is 4. The molecule has 1 heterocycles. The van der Waals surface area contributed by atoms with E-state index in [1.165, 1.54) is 18.2 Å². The van der Waals surface area contributed by atoms with Crippen LogP contribution in [0.5, 0.6) is 11.8 Å². The normalized spacial score (nSPS) is 11.4. The summed E-state index contributed by atoms with van der Waals surface area (Å²) in [6.45, 7) is -6.73. The fourth-order valence-corrected chi connectivity index (χ4v) is 3.16. The van der Waals surface area contributed by atoms with Gasteiger partial charge in [-0.05, 0) is 12.1 Å². The van der Waals surface area contributed by atoms with Gasteiger partial charge >= 0.3 is 19.3 Å². The number of hydrogen-bond acceptors (Lipinski definition) is 7. The minimum absolute atomic E-state index is 0.181.